The topological polar surface area (TPSA) is 9.23 Å². The lowest BCUT2D eigenvalue weighted by Crippen LogP contribution is -2.16. The van der Waals surface area contributed by atoms with Crippen LogP contribution in [0.2, 0.25) is 0 Å². The van der Waals surface area contributed by atoms with Gasteiger partial charge in [-0.25, -0.2) is 0 Å². The first-order chi connectivity index (χ1) is 7.20. The lowest BCUT2D eigenvalue weighted by Gasteiger charge is -2.08. The molecule has 0 aliphatic carbocycles. The predicted octanol–water partition coefficient (Wildman–Crippen LogP) is 5.01. The third kappa shape index (κ3) is 9.83. The molecule has 1 aromatic carbocycles. The summed E-state index contributed by atoms with van der Waals surface area (Å²) in [4.78, 5) is 0. The molecule has 0 unspecified atom stereocenters. The molecule has 16 heavy (non-hydrogen) atoms. The van der Waals surface area contributed by atoms with Gasteiger partial charge in [-0.15, -0.1) is 13.2 Å². The van der Waals surface area contributed by atoms with Crippen molar-refractivity contribution in [3.8, 4) is 5.75 Å². The van der Waals surface area contributed by atoms with Gasteiger partial charge in [0, 0.05) is 4.47 Å². The zero-order chi connectivity index (χ0) is 12.8. The van der Waals surface area contributed by atoms with Crippen LogP contribution in [0.3, 0.4) is 0 Å². The smallest absolute Gasteiger partial charge is 0.406 e. The molecule has 0 aliphatic heterocycles. The monoisotopic (exact) mass is 298 g/mol. The van der Waals surface area contributed by atoms with E-state index in [4.69, 9.17) is 0 Å². The van der Waals surface area contributed by atoms with Gasteiger partial charge in [-0.05, 0) is 24.1 Å². The van der Waals surface area contributed by atoms with E-state index >= 15 is 0 Å². The van der Waals surface area contributed by atoms with Crippen molar-refractivity contribution in [1.82, 2.24) is 0 Å². The van der Waals surface area contributed by atoms with E-state index in [1.165, 1.54) is 18.2 Å². The molecule has 0 saturated carbocycles. The van der Waals surface area contributed by atoms with E-state index in [2.05, 4.69) is 41.4 Å². The Morgan fingerprint density at radius 2 is 1.69 bits per heavy atom. The van der Waals surface area contributed by atoms with E-state index in [9.17, 15) is 13.2 Å². The second-order valence-electron chi connectivity index (χ2n) is 3.74. The number of rotatable bonds is 1. The highest BCUT2D eigenvalue weighted by molar-refractivity contribution is 9.10. The molecule has 0 bridgehead atoms. The molecule has 1 aromatic rings. The average molecular weight is 299 g/mol. The third-order valence-corrected chi connectivity index (χ3v) is 1.52. The van der Waals surface area contributed by atoms with Crippen molar-refractivity contribution in [2.24, 2.45) is 5.92 Å². The Labute approximate surface area is 102 Å². The van der Waals surface area contributed by atoms with Crippen LogP contribution >= 0.6 is 15.9 Å². The Morgan fingerprint density at radius 1 is 1.19 bits per heavy atom. The minimum absolute atomic E-state index is 0.225. The molecule has 0 aliphatic rings. The number of halogens is 4. The minimum atomic E-state index is -4.62. The van der Waals surface area contributed by atoms with Crippen LogP contribution in [0.5, 0.6) is 5.75 Å². The molecule has 0 heterocycles. The SMILES string of the molecule is CC(C)C.FC(F)(F)Oc1cccc(Br)c1. The molecule has 0 radical (unpaired) electrons. The van der Waals surface area contributed by atoms with Crippen molar-refractivity contribution in [3.63, 3.8) is 0 Å². The highest BCUT2D eigenvalue weighted by Gasteiger charge is 2.30. The maximum atomic E-state index is 11.6. The van der Waals surface area contributed by atoms with Crippen LogP contribution in [0, 0.1) is 5.92 Å². The fraction of sp³-hybridized carbons (Fsp3) is 0.455. The quantitative estimate of drug-likeness (QED) is 0.708. The molecule has 0 aromatic heterocycles. The fourth-order valence-corrected chi connectivity index (χ4v) is 1.04. The normalized spacial score (nSPS) is 10.8. The molecule has 0 atom stereocenters. The highest BCUT2D eigenvalue weighted by Crippen LogP contribution is 2.24. The molecule has 5 heteroatoms. The first kappa shape index (κ1) is 15.3. The van der Waals surface area contributed by atoms with E-state index < -0.39 is 6.36 Å². The van der Waals surface area contributed by atoms with Crippen molar-refractivity contribution in [1.29, 1.82) is 0 Å². The third-order valence-electron chi connectivity index (χ3n) is 1.03. The van der Waals surface area contributed by atoms with Crippen molar-refractivity contribution in [2.75, 3.05) is 0 Å². The van der Waals surface area contributed by atoms with Crippen LogP contribution in [-0.4, -0.2) is 6.36 Å². The van der Waals surface area contributed by atoms with Gasteiger partial charge < -0.3 is 4.74 Å². The van der Waals surface area contributed by atoms with Gasteiger partial charge in [-0.1, -0.05) is 42.8 Å². The standard InChI is InChI=1S/C7H4BrF3O.C4H10/c8-5-2-1-3-6(4-5)12-7(9,10)11;1-4(2)3/h1-4H;4H,1-3H3. The van der Waals surface area contributed by atoms with Crippen LogP contribution in [0.25, 0.3) is 0 Å². The van der Waals surface area contributed by atoms with Crippen molar-refractivity contribution in [3.05, 3.63) is 28.7 Å². The number of hydrogen-bond acceptors (Lipinski definition) is 1. The second-order valence-corrected chi connectivity index (χ2v) is 4.65. The molecule has 0 spiro atoms. The number of alkyl halides is 3. The summed E-state index contributed by atoms with van der Waals surface area (Å²) >= 11 is 3.02. The van der Waals surface area contributed by atoms with Gasteiger partial charge in [-0.2, -0.15) is 0 Å². The Hall–Kier alpha value is -0.710. The van der Waals surface area contributed by atoms with Crippen molar-refractivity contribution in [2.45, 2.75) is 27.1 Å². The predicted molar refractivity (Wildman–Crippen MR) is 61.3 cm³/mol. The minimum Gasteiger partial charge on any atom is -0.406 e. The first-order valence-electron chi connectivity index (χ1n) is 4.72. The van der Waals surface area contributed by atoms with Gasteiger partial charge in [0.2, 0.25) is 0 Å². The molecule has 92 valence electrons. The van der Waals surface area contributed by atoms with Crippen LogP contribution in [-0.2, 0) is 0 Å². The van der Waals surface area contributed by atoms with Gasteiger partial charge in [0.15, 0.2) is 0 Å². The molecule has 0 amide bonds. The summed E-state index contributed by atoms with van der Waals surface area (Å²) in [6, 6.07) is 5.56. The van der Waals surface area contributed by atoms with Gasteiger partial charge in [0.25, 0.3) is 0 Å². The maximum absolute atomic E-state index is 11.6. The van der Waals surface area contributed by atoms with Gasteiger partial charge >= 0.3 is 6.36 Å². The summed E-state index contributed by atoms with van der Waals surface area (Å²) < 4.78 is 39.1. The average Bonchev–Trinajstić information content (AvgIpc) is 1.98. The summed E-state index contributed by atoms with van der Waals surface area (Å²) in [5.74, 6) is 0.608. The summed E-state index contributed by atoms with van der Waals surface area (Å²) in [6.45, 7) is 6.50. The van der Waals surface area contributed by atoms with E-state index in [1.807, 2.05) is 0 Å². The molecular weight excluding hydrogens is 285 g/mol. The molecule has 0 fully saturated rings. The Bertz CT molecular complexity index is 308. The molecule has 0 N–H and O–H groups in total. The summed E-state index contributed by atoms with van der Waals surface area (Å²) in [7, 11) is 0. The second kappa shape index (κ2) is 6.78. The molecular formula is C11H14BrF3O. The maximum Gasteiger partial charge on any atom is 0.573 e. The van der Waals surface area contributed by atoms with Crippen LogP contribution in [0.4, 0.5) is 13.2 Å². The van der Waals surface area contributed by atoms with Crippen LogP contribution < -0.4 is 4.74 Å². The van der Waals surface area contributed by atoms with Gasteiger partial charge in [0.1, 0.15) is 5.75 Å². The fourth-order valence-electron chi connectivity index (χ4n) is 0.664. The Balaban J connectivity index is 0.000000487. The lowest BCUT2D eigenvalue weighted by atomic mass is 10.3. The van der Waals surface area contributed by atoms with Crippen molar-refractivity contribution >= 4 is 15.9 Å². The molecule has 1 nitrogen and oxygen atoms in total. The lowest BCUT2D eigenvalue weighted by molar-refractivity contribution is -0.274. The summed E-state index contributed by atoms with van der Waals surface area (Å²) in [6.07, 6.45) is -4.62. The van der Waals surface area contributed by atoms with Gasteiger partial charge in [0.05, 0.1) is 0 Å². The Kier molecular flexibility index (Phi) is 6.48. The van der Waals surface area contributed by atoms with E-state index in [-0.39, 0.29) is 5.75 Å². The number of benzene rings is 1. The zero-order valence-corrected chi connectivity index (χ0v) is 10.9. The van der Waals surface area contributed by atoms with Crippen LogP contribution in [0.1, 0.15) is 20.8 Å². The van der Waals surface area contributed by atoms with E-state index in [0.717, 1.165) is 5.92 Å². The highest BCUT2D eigenvalue weighted by atomic mass is 79.9. The van der Waals surface area contributed by atoms with Crippen LogP contribution in [0.15, 0.2) is 28.7 Å². The van der Waals surface area contributed by atoms with E-state index in [0.29, 0.717) is 4.47 Å². The van der Waals surface area contributed by atoms with Gasteiger partial charge in [-0.3, -0.25) is 0 Å². The zero-order valence-electron chi connectivity index (χ0n) is 9.31. The summed E-state index contributed by atoms with van der Waals surface area (Å²) in [5, 5.41) is 0. The largest absolute Gasteiger partial charge is 0.573 e. The molecule has 0 saturated heterocycles. The summed E-state index contributed by atoms with van der Waals surface area (Å²) in [5.41, 5.74) is 0. The molecule has 1 rings (SSSR count). The first-order valence-corrected chi connectivity index (χ1v) is 5.51. The van der Waals surface area contributed by atoms with Crippen molar-refractivity contribution < 1.29 is 17.9 Å². The van der Waals surface area contributed by atoms with E-state index in [1.54, 1.807) is 6.07 Å². The Morgan fingerprint density at radius 3 is 2.06 bits per heavy atom. The number of ether oxygens (including phenoxy) is 1. The number of hydrogen-bond donors (Lipinski definition) is 0.